The number of hydrogen-bond donors (Lipinski definition) is 1. The predicted octanol–water partition coefficient (Wildman–Crippen LogP) is 1.43. The number of aliphatic carboxylic acids is 1. The van der Waals surface area contributed by atoms with Gasteiger partial charge in [0.15, 0.2) is 0 Å². The summed E-state index contributed by atoms with van der Waals surface area (Å²) in [6, 6.07) is 0. The smallest absolute Gasteiger partial charge is 0.330 e. The molecule has 0 fully saturated rings. The standard InChI is InChI=1S/C4H10ClN.C4H6O2/c1-6(2)4-3-5;1-3(2)4(5)6/h3-4H2,1-2H3;1H2,2H3,(H,5,6). The molecule has 3 nitrogen and oxygen atoms in total. The number of carboxylic acids is 1. The van der Waals surface area contributed by atoms with Crippen LogP contribution in [0.4, 0.5) is 0 Å². The molecule has 0 aromatic heterocycles. The van der Waals surface area contributed by atoms with Crippen LogP contribution in [0.1, 0.15) is 6.92 Å². The van der Waals surface area contributed by atoms with E-state index < -0.39 is 5.97 Å². The molecule has 0 amide bonds. The fraction of sp³-hybridized carbons (Fsp3) is 0.625. The molecule has 0 aliphatic carbocycles. The predicted molar refractivity (Wildman–Crippen MR) is 51.7 cm³/mol. The lowest BCUT2D eigenvalue weighted by Gasteiger charge is -2.02. The minimum atomic E-state index is -0.935. The van der Waals surface area contributed by atoms with Gasteiger partial charge in [0.1, 0.15) is 0 Å². The van der Waals surface area contributed by atoms with Gasteiger partial charge in [0.2, 0.25) is 0 Å². The van der Waals surface area contributed by atoms with Crippen molar-refractivity contribution in [2.75, 3.05) is 26.5 Å². The van der Waals surface area contributed by atoms with Gasteiger partial charge in [-0.3, -0.25) is 0 Å². The summed E-state index contributed by atoms with van der Waals surface area (Å²) in [7, 11) is 4.00. The average molecular weight is 194 g/mol. The Bertz CT molecular complexity index is 134. The van der Waals surface area contributed by atoms with E-state index in [9.17, 15) is 4.79 Å². The van der Waals surface area contributed by atoms with E-state index in [-0.39, 0.29) is 5.57 Å². The van der Waals surface area contributed by atoms with E-state index in [1.807, 2.05) is 19.0 Å². The Hall–Kier alpha value is -0.540. The third kappa shape index (κ3) is 16.2. The monoisotopic (exact) mass is 193 g/mol. The summed E-state index contributed by atoms with van der Waals surface area (Å²) in [5.41, 5.74) is 0.176. The van der Waals surface area contributed by atoms with Crippen LogP contribution < -0.4 is 0 Å². The largest absolute Gasteiger partial charge is 0.478 e. The second kappa shape index (κ2) is 8.56. The number of alkyl halides is 1. The maximum Gasteiger partial charge on any atom is 0.330 e. The van der Waals surface area contributed by atoms with Crippen LogP contribution in [0.25, 0.3) is 0 Å². The summed E-state index contributed by atoms with van der Waals surface area (Å²) in [6.07, 6.45) is 0. The molecule has 0 spiro atoms. The number of rotatable bonds is 3. The molecule has 0 atom stereocenters. The molecule has 0 unspecified atom stereocenters. The lowest BCUT2D eigenvalue weighted by molar-refractivity contribution is -0.132. The van der Waals surface area contributed by atoms with Crippen molar-refractivity contribution in [2.24, 2.45) is 0 Å². The molecule has 0 bridgehead atoms. The minimum absolute atomic E-state index is 0.176. The Morgan fingerprint density at radius 2 is 1.92 bits per heavy atom. The molecular formula is C8H16ClNO2. The Balaban J connectivity index is 0. The summed E-state index contributed by atoms with van der Waals surface area (Å²) in [4.78, 5) is 11.6. The highest BCUT2D eigenvalue weighted by atomic mass is 35.5. The first-order valence-electron chi connectivity index (χ1n) is 3.51. The van der Waals surface area contributed by atoms with Crippen molar-refractivity contribution < 1.29 is 9.90 Å². The zero-order chi connectivity index (χ0) is 10.1. The summed E-state index contributed by atoms with van der Waals surface area (Å²) >= 11 is 5.35. The first kappa shape index (κ1) is 14.0. The van der Waals surface area contributed by atoms with Crippen LogP contribution in [0.5, 0.6) is 0 Å². The third-order valence-electron chi connectivity index (χ3n) is 0.897. The van der Waals surface area contributed by atoms with Crippen molar-refractivity contribution in [3.05, 3.63) is 12.2 Å². The van der Waals surface area contributed by atoms with E-state index in [1.165, 1.54) is 6.92 Å². The lowest BCUT2D eigenvalue weighted by Crippen LogP contribution is -2.13. The second-order valence-corrected chi connectivity index (χ2v) is 2.96. The van der Waals surface area contributed by atoms with Gasteiger partial charge in [0.05, 0.1) is 0 Å². The van der Waals surface area contributed by atoms with Crippen LogP contribution >= 0.6 is 11.6 Å². The molecule has 1 N–H and O–H groups in total. The lowest BCUT2D eigenvalue weighted by atomic mass is 10.4. The molecule has 0 rings (SSSR count). The molecule has 0 aromatic rings. The Morgan fingerprint density at radius 3 is 1.92 bits per heavy atom. The first-order valence-corrected chi connectivity index (χ1v) is 4.04. The van der Waals surface area contributed by atoms with Gasteiger partial charge in [-0.05, 0) is 21.0 Å². The molecule has 0 saturated carbocycles. The molecule has 0 saturated heterocycles. The molecule has 0 aliphatic rings. The Labute approximate surface area is 78.6 Å². The highest BCUT2D eigenvalue weighted by Gasteiger charge is 1.90. The van der Waals surface area contributed by atoms with E-state index in [0.717, 1.165) is 12.4 Å². The molecule has 72 valence electrons. The number of carbonyl (C=O) groups is 1. The van der Waals surface area contributed by atoms with Crippen LogP contribution in [0.15, 0.2) is 12.2 Å². The van der Waals surface area contributed by atoms with Gasteiger partial charge in [-0.25, -0.2) is 4.79 Å². The van der Waals surface area contributed by atoms with Crippen molar-refractivity contribution in [1.82, 2.24) is 4.90 Å². The Kier molecular flexibility index (Phi) is 9.99. The van der Waals surface area contributed by atoms with E-state index >= 15 is 0 Å². The average Bonchev–Trinajstić information content (AvgIpc) is 1.87. The van der Waals surface area contributed by atoms with Crippen LogP contribution in [-0.4, -0.2) is 42.5 Å². The molecule has 0 aromatic carbocycles. The fourth-order valence-electron chi connectivity index (χ4n) is 0.169. The van der Waals surface area contributed by atoms with Gasteiger partial charge >= 0.3 is 5.97 Å². The van der Waals surface area contributed by atoms with Crippen molar-refractivity contribution in [1.29, 1.82) is 0 Å². The van der Waals surface area contributed by atoms with Crippen molar-refractivity contribution >= 4 is 17.6 Å². The SMILES string of the molecule is C=C(C)C(=O)O.CN(C)CCCl. The van der Waals surface area contributed by atoms with E-state index in [1.54, 1.807) is 0 Å². The van der Waals surface area contributed by atoms with Crippen molar-refractivity contribution in [3.8, 4) is 0 Å². The van der Waals surface area contributed by atoms with Gasteiger partial charge in [0.25, 0.3) is 0 Å². The van der Waals surface area contributed by atoms with Crippen LogP contribution in [0.3, 0.4) is 0 Å². The first-order chi connectivity index (χ1) is 5.41. The van der Waals surface area contributed by atoms with Crippen LogP contribution in [0, 0.1) is 0 Å². The summed E-state index contributed by atoms with van der Waals surface area (Å²) in [5, 5.41) is 7.89. The maximum absolute atomic E-state index is 9.60. The number of carboxylic acid groups (broad SMARTS) is 1. The fourth-order valence-corrected chi connectivity index (χ4v) is 0.507. The van der Waals surface area contributed by atoms with Gasteiger partial charge in [-0.2, -0.15) is 0 Å². The van der Waals surface area contributed by atoms with E-state index in [4.69, 9.17) is 16.7 Å². The van der Waals surface area contributed by atoms with Gasteiger partial charge in [-0.1, -0.05) is 6.58 Å². The summed E-state index contributed by atoms with van der Waals surface area (Å²) < 4.78 is 0. The highest BCUT2D eigenvalue weighted by molar-refractivity contribution is 6.18. The minimum Gasteiger partial charge on any atom is -0.478 e. The molecule has 0 aliphatic heterocycles. The summed E-state index contributed by atoms with van der Waals surface area (Å²) in [6.45, 7) is 5.58. The van der Waals surface area contributed by atoms with E-state index in [2.05, 4.69) is 6.58 Å². The van der Waals surface area contributed by atoms with Crippen LogP contribution in [0.2, 0.25) is 0 Å². The van der Waals surface area contributed by atoms with E-state index in [0.29, 0.717) is 0 Å². The van der Waals surface area contributed by atoms with Gasteiger partial charge in [-0.15, -0.1) is 11.6 Å². The molecule has 0 heterocycles. The normalized spacial score (nSPS) is 8.75. The molecule has 0 radical (unpaired) electrons. The van der Waals surface area contributed by atoms with Crippen LogP contribution in [-0.2, 0) is 4.79 Å². The second-order valence-electron chi connectivity index (χ2n) is 2.58. The molecular weight excluding hydrogens is 178 g/mol. The van der Waals surface area contributed by atoms with Gasteiger partial charge in [0, 0.05) is 18.0 Å². The zero-order valence-corrected chi connectivity index (χ0v) is 8.56. The zero-order valence-electron chi connectivity index (χ0n) is 7.80. The number of nitrogens with zero attached hydrogens (tertiary/aromatic N) is 1. The van der Waals surface area contributed by atoms with Crippen molar-refractivity contribution in [3.63, 3.8) is 0 Å². The summed E-state index contributed by atoms with van der Waals surface area (Å²) in [5.74, 6) is -0.206. The highest BCUT2D eigenvalue weighted by Crippen LogP contribution is 1.81. The van der Waals surface area contributed by atoms with Crippen molar-refractivity contribution in [2.45, 2.75) is 6.92 Å². The van der Waals surface area contributed by atoms with Gasteiger partial charge < -0.3 is 10.0 Å². The topological polar surface area (TPSA) is 40.5 Å². The number of hydrogen-bond acceptors (Lipinski definition) is 2. The maximum atomic E-state index is 9.60. The number of halogens is 1. The Morgan fingerprint density at radius 1 is 1.58 bits per heavy atom. The molecule has 4 heteroatoms. The quantitative estimate of drug-likeness (QED) is 0.545. The third-order valence-corrected chi connectivity index (χ3v) is 1.07. The molecule has 12 heavy (non-hydrogen) atoms.